The molecule has 38 heavy (non-hydrogen) atoms. The van der Waals surface area contributed by atoms with Crippen molar-refractivity contribution in [3.05, 3.63) is 75.6 Å². The Hall–Kier alpha value is -3.79. The number of ether oxygens (including phenoxy) is 2. The molecule has 3 heterocycles. The van der Waals surface area contributed by atoms with Crippen molar-refractivity contribution in [1.29, 1.82) is 0 Å². The van der Waals surface area contributed by atoms with E-state index in [1.165, 1.54) is 12.1 Å². The van der Waals surface area contributed by atoms with Crippen LogP contribution in [0.3, 0.4) is 0 Å². The maximum atomic E-state index is 13.7. The van der Waals surface area contributed by atoms with Gasteiger partial charge in [0.15, 0.2) is 17.3 Å². The lowest BCUT2D eigenvalue weighted by Crippen LogP contribution is -2.37. The van der Waals surface area contributed by atoms with Gasteiger partial charge in [0.05, 0.1) is 17.1 Å². The zero-order chi connectivity index (χ0) is 27.0. The summed E-state index contributed by atoms with van der Waals surface area (Å²) in [4.78, 5) is 18.5. The van der Waals surface area contributed by atoms with Crippen LogP contribution < -0.4 is 15.0 Å². The number of pyridine rings is 1. The van der Waals surface area contributed by atoms with E-state index in [-0.39, 0.29) is 28.9 Å². The second kappa shape index (κ2) is 10.2. The van der Waals surface area contributed by atoms with Crippen LogP contribution >= 0.6 is 0 Å². The van der Waals surface area contributed by atoms with Crippen LogP contribution in [0.25, 0.3) is 10.9 Å². The predicted molar refractivity (Wildman–Crippen MR) is 142 cm³/mol. The van der Waals surface area contributed by atoms with Crippen molar-refractivity contribution in [3.8, 4) is 11.5 Å². The summed E-state index contributed by atoms with van der Waals surface area (Å²) in [6.45, 7) is 12.1. The fourth-order valence-corrected chi connectivity index (χ4v) is 4.94. The number of nitrogens with one attached hydrogen (secondary N) is 1. The number of H-pyrrole nitrogens is 1. The molecule has 0 saturated heterocycles. The minimum absolute atomic E-state index is 0.111. The van der Waals surface area contributed by atoms with Gasteiger partial charge in [0, 0.05) is 30.1 Å². The number of aromatic amines is 1. The van der Waals surface area contributed by atoms with E-state index < -0.39 is 0 Å². The van der Waals surface area contributed by atoms with E-state index in [4.69, 9.17) is 9.47 Å². The van der Waals surface area contributed by atoms with Gasteiger partial charge in [-0.1, -0.05) is 26.0 Å². The largest absolute Gasteiger partial charge is 0.486 e. The topological polar surface area (TPSA) is 98.2 Å². The molecule has 0 radical (unpaired) electrons. The highest BCUT2D eigenvalue weighted by Gasteiger charge is 2.33. The van der Waals surface area contributed by atoms with Crippen LogP contribution in [0.4, 0.5) is 4.39 Å². The molecule has 1 aliphatic heterocycles. The second-order valence-electron chi connectivity index (χ2n) is 11.0. The highest BCUT2D eigenvalue weighted by molar-refractivity contribution is 5.83. The average molecular weight is 521 g/mol. The fraction of sp³-hybridized carbons (Fsp3) is 0.429. The van der Waals surface area contributed by atoms with Gasteiger partial charge in [-0.05, 0) is 66.9 Å². The van der Waals surface area contributed by atoms with E-state index in [0.29, 0.717) is 54.7 Å². The third kappa shape index (κ3) is 5.26. The first kappa shape index (κ1) is 25.8. The van der Waals surface area contributed by atoms with Crippen molar-refractivity contribution in [3.63, 3.8) is 0 Å². The molecular formula is C28H33FN6O3. The molecule has 2 aromatic carbocycles. The van der Waals surface area contributed by atoms with Gasteiger partial charge < -0.3 is 14.5 Å². The van der Waals surface area contributed by atoms with E-state index in [9.17, 15) is 9.18 Å². The molecule has 0 saturated carbocycles. The summed E-state index contributed by atoms with van der Waals surface area (Å²) < 4.78 is 26.9. The number of fused-ring (bicyclic) bond motifs is 2. The van der Waals surface area contributed by atoms with Crippen LogP contribution in [-0.2, 0) is 18.6 Å². The van der Waals surface area contributed by atoms with Gasteiger partial charge >= 0.3 is 0 Å². The second-order valence-corrected chi connectivity index (χ2v) is 11.0. The first-order chi connectivity index (χ1) is 18.1. The van der Waals surface area contributed by atoms with Crippen molar-refractivity contribution in [2.24, 2.45) is 5.92 Å². The molecule has 0 aliphatic carbocycles. The maximum Gasteiger partial charge on any atom is 0.252 e. The summed E-state index contributed by atoms with van der Waals surface area (Å²) in [6.07, 6.45) is 0. The molecule has 0 spiro atoms. The molecule has 10 heteroatoms. The van der Waals surface area contributed by atoms with Crippen LogP contribution in [-0.4, -0.2) is 43.3 Å². The van der Waals surface area contributed by atoms with Crippen LogP contribution in [0.5, 0.6) is 11.5 Å². The predicted octanol–water partition coefficient (Wildman–Crippen LogP) is 4.58. The van der Waals surface area contributed by atoms with Crippen LogP contribution in [0.1, 0.15) is 57.6 Å². The molecular weight excluding hydrogens is 487 g/mol. The number of hydrogen-bond acceptors (Lipinski definition) is 7. The molecule has 4 aromatic rings. The van der Waals surface area contributed by atoms with Crippen molar-refractivity contribution < 1.29 is 13.9 Å². The number of benzene rings is 2. The first-order valence-corrected chi connectivity index (χ1v) is 12.8. The smallest absolute Gasteiger partial charge is 0.252 e. The Bertz CT molecular complexity index is 1490. The molecule has 5 rings (SSSR count). The summed E-state index contributed by atoms with van der Waals surface area (Å²) in [5.41, 5.74) is 1.68. The number of aromatic nitrogens is 5. The van der Waals surface area contributed by atoms with Gasteiger partial charge in [-0.2, -0.15) is 0 Å². The van der Waals surface area contributed by atoms with Crippen LogP contribution in [0.15, 0.2) is 47.3 Å². The summed E-state index contributed by atoms with van der Waals surface area (Å²) >= 11 is 0. The van der Waals surface area contributed by atoms with Crippen molar-refractivity contribution in [2.45, 2.75) is 59.3 Å². The highest BCUT2D eigenvalue weighted by Crippen LogP contribution is 2.35. The summed E-state index contributed by atoms with van der Waals surface area (Å²) in [6, 6.07) is 11.8. The average Bonchev–Trinajstić information content (AvgIpc) is 3.34. The van der Waals surface area contributed by atoms with Crippen LogP contribution in [0.2, 0.25) is 0 Å². The Morgan fingerprint density at radius 1 is 1.05 bits per heavy atom. The molecule has 1 aliphatic rings. The molecule has 200 valence electrons. The van der Waals surface area contributed by atoms with Crippen molar-refractivity contribution in [2.75, 3.05) is 13.2 Å². The summed E-state index contributed by atoms with van der Waals surface area (Å²) in [7, 11) is 0. The number of hydrogen-bond donors (Lipinski definition) is 1. The molecule has 0 fully saturated rings. The lowest BCUT2D eigenvalue weighted by Gasteiger charge is -2.35. The Morgan fingerprint density at radius 3 is 2.39 bits per heavy atom. The first-order valence-electron chi connectivity index (χ1n) is 12.8. The van der Waals surface area contributed by atoms with E-state index in [1.807, 2.05) is 16.8 Å². The van der Waals surface area contributed by atoms with E-state index in [0.717, 1.165) is 10.9 Å². The molecule has 1 atom stereocenters. The Balaban J connectivity index is 1.58. The standard InChI is InChI=1S/C28H33FN6O3/c1-17(2)25(26-31-32-33-35(26)28(3,4)5)34(15-18-6-8-21(29)9-7-18)16-20-12-19-13-23-24(38-11-10-37-23)14-22(19)30-27(20)36/h6-9,12-14,17,25H,10-11,15-16H2,1-5H3,(H,30,36)/t25-/m1/s1. The zero-order valence-electron chi connectivity index (χ0n) is 22.4. The molecule has 1 N–H and O–H groups in total. The minimum atomic E-state index is -0.338. The molecule has 9 nitrogen and oxygen atoms in total. The number of nitrogens with zero attached hydrogens (tertiary/aromatic N) is 5. The maximum absolute atomic E-state index is 13.7. The minimum Gasteiger partial charge on any atom is -0.486 e. The van der Waals surface area contributed by atoms with Crippen LogP contribution in [0, 0.1) is 11.7 Å². The zero-order valence-corrected chi connectivity index (χ0v) is 22.4. The van der Waals surface area contributed by atoms with Crippen molar-refractivity contribution in [1.82, 2.24) is 30.1 Å². The van der Waals surface area contributed by atoms with Gasteiger partial charge in [-0.15, -0.1) is 5.10 Å². The lowest BCUT2D eigenvalue weighted by atomic mass is 9.98. The monoisotopic (exact) mass is 520 g/mol. The molecule has 2 aromatic heterocycles. The third-order valence-corrected chi connectivity index (χ3v) is 6.67. The van der Waals surface area contributed by atoms with Crippen molar-refractivity contribution >= 4 is 10.9 Å². The SMILES string of the molecule is CC(C)[C@H](c1nnnn1C(C)(C)C)N(Cc1ccc(F)cc1)Cc1cc2cc3c(cc2[nH]c1=O)OCCO3. The molecule has 0 amide bonds. The highest BCUT2D eigenvalue weighted by atomic mass is 19.1. The van der Waals surface area contributed by atoms with E-state index in [1.54, 1.807) is 18.2 Å². The summed E-state index contributed by atoms with van der Waals surface area (Å²) in [5, 5.41) is 13.6. The number of rotatable bonds is 7. The van der Waals surface area contributed by atoms with E-state index in [2.05, 4.69) is 60.0 Å². The Morgan fingerprint density at radius 2 is 1.74 bits per heavy atom. The number of halogens is 1. The van der Waals surface area contributed by atoms with Gasteiger partial charge in [0.25, 0.3) is 5.56 Å². The Kier molecular flexibility index (Phi) is 6.92. The van der Waals surface area contributed by atoms with Gasteiger partial charge in [0.2, 0.25) is 0 Å². The molecule has 0 bridgehead atoms. The summed E-state index contributed by atoms with van der Waals surface area (Å²) in [5.74, 6) is 1.82. The Labute approximate surface area is 220 Å². The van der Waals surface area contributed by atoms with Gasteiger partial charge in [-0.3, -0.25) is 9.69 Å². The molecule has 0 unspecified atom stereocenters. The quantitative estimate of drug-likeness (QED) is 0.381. The third-order valence-electron chi connectivity index (χ3n) is 6.67. The van der Waals surface area contributed by atoms with Gasteiger partial charge in [-0.25, -0.2) is 9.07 Å². The van der Waals surface area contributed by atoms with Gasteiger partial charge in [0.1, 0.15) is 19.0 Å². The number of tetrazole rings is 1. The normalized spacial score (nSPS) is 14.4. The fourth-order valence-electron chi connectivity index (χ4n) is 4.94. The lowest BCUT2D eigenvalue weighted by molar-refractivity contribution is 0.119. The van der Waals surface area contributed by atoms with E-state index >= 15 is 0 Å².